The molecule has 0 N–H and O–H groups in total. The Morgan fingerprint density at radius 1 is 0.826 bits per heavy atom. The summed E-state index contributed by atoms with van der Waals surface area (Å²) >= 11 is 0.156. The van der Waals surface area contributed by atoms with E-state index in [9.17, 15) is 0 Å². The summed E-state index contributed by atoms with van der Waals surface area (Å²) in [4.78, 5) is 9.29. The maximum absolute atomic E-state index is 4.76. The molecule has 6 aromatic rings. The second-order valence-corrected chi connectivity index (χ2v) is 25.9. The van der Waals surface area contributed by atoms with Crippen molar-refractivity contribution in [1.82, 2.24) is 9.97 Å². The number of fused-ring (bicyclic) bond motifs is 6. The zero-order valence-electron chi connectivity index (χ0n) is 27.3. The van der Waals surface area contributed by atoms with E-state index in [1.807, 2.05) is 48.0 Å². The van der Waals surface area contributed by atoms with E-state index in [4.69, 9.17) is 4.98 Å². The molecule has 0 saturated heterocycles. The minimum atomic E-state index is -1.72. The zero-order valence-corrected chi connectivity index (χ0v) is 32.6. The molecule has 1 atom stereocenters. The monoisotopic (exact) mass is 861 g/mol. The van der Waals surface area contributed by atoms with Gasteiger partial charge in [0, 0.05) is 31.0 Å². The molecule has 1 unspecified atom stereocenters. The molecule has 3 aromatic heterocycles. The Balaban J connectivity index is 0.000000187. The van der Waals surface area contributed by atoms with Crippen molar-refractivity contribution in [3.8, 4) is 22.5 Å². The summed E-state index contributed by atoms with van der Waals surface area (Å²) in [6.45, 7) is 2.17. The molecular weight excluding hydrogens is 817 g/mol. The van der Waals surface area contributed by atoms with Crippen molar-refractivity contribution in [2.24, 2.45) is 17.8 Å². The number of aromatic nitrogens is 2. The molecule has 3 aliphatic rings. The standard InChI is InChI=1S/C27H26NS.C14H16GeN.Ir/c1-17-5-10-26-24(13-17)22-3-2-4-23(27(22)29-26)25-16-19(11-12-28-25)15-21-14-18-6-8-20(21)9-7-18;1-15(2,3)13-9-10-14(16-11-13)12-7-5-4-6-8-12;/h2-3,5,10-13,16,18,20-21H,6-9,14-15H2,1H3;4-7,9-11H,1-3H3;/q2*-1;. The van der Waals surface area contributed by atoms with Gasteiger partial charge in [0.2, 0.25) is 0 Å². The molecule has 3 aromatic carbocycles. The van der Waals surface area contributed by atoms with Crippen molar-refractivity contribution < 1.29 is 20.1 Å². The van der Waals surface area contributed by atoms with Gasteiger partial charge >= 0.3 is 99.8 Å². The summed E-state index contributed by atoms with van der Waals surface area (Å²) < 4.78 is 4.11. The number of hydrogen-bond donors (Lipinski definition) is 0. The predicted octanol–water partition coefficient (Wildman–Crippen LogP) is 10.7. The first-order valence-electron chi connectivity index (χ1n) is 16.5. The van der Waals surface area contributed by atoms with Gasteiger partial charge in [0.1, 0.15) is 0 Å². The van der Waals surface area contributed by atoms with Gasteiger partial charge in [-0.1, -0.05) is 47.6 Å². The van der Waals surface area contributed by atoms with E-state index in [-0.39, 0.29) is 20.1 Å². The average molecular weight is 860 g/mol. The van der Waals surface area contributed by atoms with Gasteiger partial charge in [0.15, 0.2) is 0 Å². The number of benzene rings is 3. The number of hydrogen-bond acceptors (Lipinski definition) is 3. The van der Waals surface area contributed by atoms with Crippen LogP contribution in [-0.2, 0) is 26.5 Å². The number of aryl methyl sites for hydroxylation is 1. The SMILES string of the molecule is Cc1ccc2sc3c(-c4cc(CC5CC6CCC5CC6)ccn4)[c-]ccc3c2c1.[CH3][Ge]([CH3])([CH3])[c]1ccc(-c2[c-]cccc2)nc1.[Ir]. The molecular formula is C41H42GeIrN2S-2. The van der Waals surface area contributed by atoms with Gasteiger partial charge in [0.05, 0.1) is 0 Å². The Morgan fingerprint density at radius 2 is 1.67 bits per heavy atom. The van der Waals surface area contributed by atoms with Crippen molar-refractivity contribution >= 4 is 49.2 Å². The van der Waals surface area contributed by atoms with E-state index >= 15 is 0 Å². The fourth-order valence-electron chi connectivity index (χ4n) is 7.40. The first-order valence-corrected chi connectivity index (χ1v) is 24.7. The topological polar surface area (TPSA) is 25.8 Å². The van der Waals surface area contributed by atoms with Gasteiger partial charge in [-0.2, -0.15) is 11.3 Å². The summed E-state index contributed by atoms with van der Waals surface area (Å²) in [5.74, 6) is 9.97. The third-order valence-corrected chi connectivity index (χ3v) is 15.4. The van der Waals surface area contributed by atoms with Crippen LogP contribution in [0, 0.1) is 36.8 Å². The Kier molecular flexibility index (Phi) is 10.3. The number of nitrogens with zero attached hydrogens (tertiary/aromatic N) is 2. The predicted molar refractivity (Wildman–Crippen MR) is 195 cm³/mol. The van der Waals surface area contributed by atoms with Crippen molar-refractivity contribution in [2.45, 2.75) is 62.7 Å². The molecule has 237 valence electrons. The summed E-state index contributed by atoms with van der Waals surface area (Å²) in [7, 11) is 0. The normalized spacial score (nSPS) is 19.0. The average Bonchev–Trinajstić information content (AvgIpc) is 3.44. The summed E-state index contributed by atoms with van der Waals surface area (Å²) in [6.07, 6.45) is 12.6. The summed E-state index contributed by atoms with van der Waals surface area (Å²) in [6, 6.07) is 34.6. The van der Waals surface area contributed by atoms with Crippen LogP contribution in [0.25, 0.3) is 42.7 Å². The minimum absolute atomic E-state index is 0. The largest absolute Gasteiger partial charge is 0 e. The molecule has 0 aliphatic heterocycles. The molecule has 1 radical (unpaired) electrons. The Bertz CT molecular complexity index is 1920. The van der Waals surface area contributed by atoms with Crippen LogP contribution >= 0.6 is 11.3 Å². The smallest absolute Gasteiger partial charge is 0 e. The van der Waals surface area contributed by atoms with Crippen LogP contribution in [0.1, 0.15) is 43.2 Å². The van der Waals surface area contributed by atoms with E-state index < -0.39 is 13.3 Å². The number of thiophene rings is 1. The third kappa shape index (κ3) is 7.26. The Morgan fingerprint density at radius 3 is 2.37 bits per heavy atom. The molecule has 3 aliphatic carbocycles. The maximum Gasteiger partial charge on any atom is 0 e. The van der Waals surface area contributed by atoms with Gasteiger partial charge < -0.3 is 4.98 Å². The van der Waals surface area contributed by atoms with Crippen molar-refractivity contribution in [1.29, 1.82) is 0 Å². The number of rotatable bonds is 5. The Labute approximate surface area is 294 Å². The maximum atomic E-state index is 4.76. The molecule has 3 heterocycles. The third-order valence-electron chi connectivity index (χ3n) is 9.97. The van der Waals surface area contributed by atoms with Crippen LogP contribution in [-0.4, -0.2) is 23.2 Å². The zero-order chi connectivity index (χ0) is 31.0. The van der Waals surface area contributed by atoms with Crippen LogP contribution in [0.3, 0.4) is 0 Å². The van der Waals surface area contributed by atoms with Crippen molar-refractivity contribution in [3.63, 3.8) is 0 Å². The van der Waals surface area contributed by atoms with Crippen LogP contribution in [0.15, 0.2) is 91.3 Å². The fraction of sp³-hybridized carbons (Fsp3) is 0.317. The van der Waals surface area contributed by atoms with Gasteiger partial charge in [-0.3, -0.25) is 0 Å². The van der Waals surface area contributed by atoms with Gasteiger partial charge in [0.25, 0.3) is 0 Å². The van der Waals surface area contributed by atoms with Gasteiger partial charge in [-0.15, -0.1) is 23.8 Å². The van der Waals surface area contributed by atoms with E-state index in [0.717, 1.165) is 40.3 Å². The number of pyridine rings is 2. The quantitative estimate of drug-likeness (QED) is 0.128. The fourth-order valence-corrected chi connectivity index (χ4v) is 10.8. The van der Waals surface area contributed by atoms with Crippen LogP contribution < -0.4 is 4.40 Å². The second kappa shape index (κ2) is 14.2. The van der Waals surface area contributed by atoms with Crippen molar-refractivity contribution in [2.75, 3.05) is 0 Å². The molecule has 46 heavy (non-hydrogen) atoms. The van der Waals surface area contributed by atoms with Gasteiger partial charge in [-0.25, -0.2) is 0 Å². The summed E-state index contributed by atoms with van der Waals surface area (Å²) in [5, 5.41) is 2.69. The second-order valence-electron chi connectivity index (χ2n) is 14.2. The van der Waals surface area contributed by atoms with Crippen LogP contribution in [0.5, 0.6) is 0 Å². The minimum Gasteiger partial charge on any atom is 0 e. The molecule has 9 rings (SSSR count). The molecule has 2 bridgehead atoms. The molecule has 5 heteroatoms. The van der Waals surface area contributed by atoms with E-state index in [1.54, 1.807) is 0 Å². The molecule has 3 saturated carbocycles. The van der Waals surface area contributed by atoms with Crippen molar-refractivity contribution in [3.05, 3.63) is 115 Å². The first-order chi connectivity index (χ1) is 21.8. The van der Waals surface area contributed by atoms with Crippen LogP contribution in [0.2, 0.25) is 17.3 Å². The summed E-state index contributed by atoms with van der Waals surface area (Å²) in [5.41, 5.74) is 7.08. The van der Waals surface area contributed by atoms with E-state index in [0.29, 0.717) is 0 Å². The van der Waals surface area contributed by atoms with E-state index in [1.165, 1.54) is 74.2 Å². The molecule has 0 spiro atoms. The molecule has 2 nitrogen and oxygen atoms in total. The van der Waals surface area contributed by atoms with Gasteiger partial charge in [-0.05, 0) is 78.3 Å². The molecule has 3 fully saturated rings. The first kappa shape index (κ1) is 33.3. The van der Waals surface area contributed by atoms with E-state index in [2.05, 4.69) is 95.9 Å². The Hall–Kier alpha value is -2.63. The molecule has 0 amide bonds. The van der Waals surface area contributed by atoms with Crippen LogP contribution in [0.4, 0.5) is 0 Å².